The van der Waals surface area contributed by atoms with Gasteiger partial charge in [0.05, 0.1) is 29.2 Å². The summed E-state index contributed by atoms with van der Waals surface area (Å²) in [6.07, 6.45) is 4.81. The first kappa shape index (κ1) is 17.6. The number of allylic oxidation sites excluding steroid dienone is 2. The largest absolute Gasteiger partial charge is 0.489 e. The smallest absolute Gasteiger partial charge is 0.260 e. The number of hydrogen-bond donors (Lipinski definition) is 4. The number of ether oxygens (including phenoxy) is 2. The Labute approximate surface area is 149 Å². The number of aliphatic imine (C=N–C) groups is 1. The molecule has 136 valence electrons. The van der Waals surface area contributed by atoms with Crippen molar-refractivity contribution in [2.75, 3.05) is 26.4 Å². The summed E-state index contributed by atoms with van der Waals surface area (Å²) in [5.41, 5.74) is 13.7. The molecule has 1 aliphatic carbocycles. The van der Waals surface area contributed by atoms with E-state index in [2.05, 4.69) is 10.1 Å². The highest BCUT2D eigenvalue weighted by atomic mass is 16.5. The van der Waals surface area contributed by atoms with E-state index in [1.807, 2.05) is 18.2 Å². The van der Waals surface area contributed by atoms with Gasteiger partial charge in [0.1, 0.15) is 19.0 Å². The van der Waals surface area contributed by atoms with Crippen LogP contribution >= 0.6 is 0 Å². The molecule has 2 aromatic rings. The molecule has 0 saturated carbocycles. The van der Waals surface area contributed by atoms with Gasteiger partial charge in [-0.2, -0.15) is 0 Å². The molecule has 0 fully saturated rings. The van der Waals surface area contributed by atoms with Crippen molar-refractivity contribution in [2.24, 2.45) is 16.5 Å². The Morgan fingerprint density at radius 1 is 1.23 bits per heavy atom. The van der Waals surface area contributed by atoms with Gasteiger partial charge in [0.15, 0.2) is 5.69 Å². The molecule has 2 heterocycles. The third-order valence-corrected chi connectivity index (χ3v) is 3.55. The minimum atomic E-state index is -0.151. The summed E-state index contributed by atoms with van der Waals surface area (Å²) < 4.78 is 12.6. The van der Waals surface area contributed by atoms with Crippen LogP contribution < -0.4 is 16.2 Å². The van der Waals surface area contributed by atoms with Gasteiger partial charge in [-0.1, -0.05) is 6.07 Å². The highest BCUT2D eigenvalue weighted by Crippen LogP contribution is 2.32. The number of rotatable bonds is 7. The molecule has 0 spiro atoms. The monoisotopic (exact) mass is 356 g/mol. The number of aliphatic hydroxyl groups excluding tert-OH is 1. The number of aliphatic hydroxyl groups is 1. The summed E-state index contributed by atoms with van der Waals surface area (Å²) in [7, 11) is 0. The molecule has 1 aliphatic rings. The van der Waals surface area contributed by atoms with Crippen molar-refractivity contribution in [3.05, 3.63) is 48.0 Å². The summed E-state index contributed by atoms with van der Waals surface area (Å²) in [6.45, 7) is 0.582. The molecule has 9 heteroatoms. The first-order chi connectivity index (χ1) is 12.6. The van der Waals surface area contributed by atoms with E-state index >= 15 is 0 Å². The lowest BCUT2D eigenvalue weighted by Gasteiger charge is -2.15. The molecule has 0 atom stereocenters. The molecule has 6 N–H and O–H groups in total. The Balaban J connectivity index is 2.06. The highest BCUT2D eigenvalue weighted by Gasteiger charge is 2.19. The zero-order chi connectivity index (χ0) is 18.5. The third-order valence-electron chi connectivity index (χ3n) is 3.55. The van der Waals surface area contributed by atoms with Crippen molar-refractivity contribution in [3.8, 4) is 5.88 Å². The Kier molecular flexibility index (Phi) is 5.30. The second kappa shape index (κ2) is 7.81. The second-order valence-corrected chi connectivity index (χ2v) is 5.41. The quantitative estimate of drug-likeness (QED) is 0.532. The van der Waals surface area contributed by atoms with Gasteiger partial charge in [-0.3, -0.25) is 5.41 Å². The molecule has 0 bridgehead atoms. The van der Waals surface area contributed by atoms with Crippen molar-refractivity contribution < 1.29 is 14.6 Å². The molecule has 0 unspecified atom stereocenters. The van der Waals surface area contributed by atoms with E-state index in [-0.39, 0.29) is 24.7 Å². The predicted octanol–water partition coefficient (Wildman–Crippen LogP) is 0.513. The second-order valence-electron chi connectivity index (χ2n) is 5.41. The SMILES string of the molecule is N=C1C=C(N)/C(=N/c2c(OCCN)nn3ccccc23)C=C1OCCO. The third kappa shape index (κ3) is 3.58. The molecule has 26 heavy (non-hydrogen) atoms. The maximum Gasteiger partial charge on any atom is 0.260 e. The fourth-order valence-corrected chi connectivity index (χ4v) is 2.40. The standard InChI is InChI=1S/C17H20N6O3/c18-4-7-26-17-16(14-3-1-2-5-23(14)22-17)21-13-10-15(25-8-6-24)12(20)9-11(13)19/h1-3,5,9-10,20,24H,4,6-8,18-19H2/b20-12?,21-13+. The van der Waals surface area contributed by atoms with Crippen LogP contribution in [0.25, 0.3) is 5.52 Å². The maximum atomic E-state index is 8.91. The van der Waals surface area contributed by atoms with Crippen LogP contribution in [0.4, 0.5) is 5.69 Å². The van der Waals surface area contributed by atoms with Crippen LogP contribution in [-0.4, -0.2) is 52.5 Å². The molecule has 0 aromatic carbocycles. The number of nitrogens with one attached hydrogen (secondary N) is 1. The molecule has 3 rings (SSSR count). The molecular formula is C17H20N6O3. The molecule has 0 aliphatic heterocycles. The van der Waals surface area contributed by atoms with Crippen molar-refractivity contribution >= 4 is 22.6 Å². The van der Waals surface area contributed by atoms with Crippen molar-refractivity contribution in [1.82, 2.24) is 9.61 Å². The summed E-state index contributed by atoms with van der Waals surface area (Å²) in [6, 6.07) is 5.58. The average molecular weight is 356 g/mol. The molecule has 0 radical (unpaired) electrons. The first-order valence-corrected chi connectivity index (χ1v) is 8.04. The van der Waals surface area contributed by atoms with Gasteiger partial charge in [0.2, 0.25) is 0 Å². The fourth-order valence-electron chi connectivity index (χ4n) is 2.40. The predicted molar refractivity (Wildman–Crippen MR) is 98.0 cm³/mol. The van der Waals surface area contributed by atoms with E-state index in [0.29, 0.717) is 36.1 Å². The van der Waals surface area contributed by atoms with Crippen molar-refractivity contribution in [2.45, 2.75) is 0 Å². The molecular weight excluding hydrogens is 336 g/mol. The Morgan fingerprint density at radius 2 is 2.08 bits per heavy atom. The lowest BCUT2D eigenvalue weighted by molar-refractivity contribution is 0.156. The highest BCUT2D eigenvalue weighted by molar-refractivity contribution is 6.22. The van der Waals surface area contributed by atoms with E-state index in [4.69, 9.17) is 31.5 Å². The number of fused-ring (bicyclic) bond motifs is 1. The minimum Gasteiger partial charge on any atom is -0.489 e. The van der Waals surface area contributed by atoms with Crippen LogP contribution in [0.15, 0.2) is 53.0 Å². The molecule has 0 amide bonds. The van der Waals surface area contributed by atoms with Crippen LogP contribution in [0, 0.1) is 5.41 Å². The van der Waals surface area contributed by atoms with Gasteiger partial charge < -0.3 is 26.0 Å². The normalized spacial score (nSPS) is 15.9. The van der Waals surface area contributed by atoms with Crippen LogP contribution in [0.1, 0.15) is 0 Å². The van der Waals surface area contributed by atoms with Gasteiger partial charge in [-0.05, 0) is 18.2 Å². The van der Waals surface area contributed by atoms with Gasteiger partial charge in [0.25, 0.3) is 5.88 Å². The van der Waals surface area contributed by atoms with Crippen molar-refractivity contribution in [3.63, 3.8) is 0 Å². The Hall–Kier alpha value is -3.17. The van der Waals surface area contributed by atoms with E-state index in [1.54, 1.807) is 16.8 Å². The van der Waals surface area contributed by atoms with E-state index < -0.39 is 0 Å². The number of hydrogen-bond acceptors (Lipinski definition) is 8. The number of aromatic nitrogens is 2. The van der Waals surface area contributed by atoms with Gasteiger partial charge in [-0.25, -0.2) is 9.51 Å². The lowest BCUT2D eigenvalue weighted by atomic mass is 10.1. The van der Waals surface area contributed by atoms with E-state index in [9.17, 15) is 0 Å². The summed E-state index contributed by atoms with van der Waals surface area (Å²) in [5, 5.41) is 21.2. The number of nitrogens with two attached hydrogens (primary N) is 2. The van der Waals surface area contributed by atoms with Crippen LogP contribution in [0.5, 0.6) is 5.88 Å². The first-order valence-electron chi connectivity index (χ1n) is 8.04. The lowest BCUT2D eigenvalue weighted by Crippen LogP contribution is -2.20. The van der Waals surface area contributed by atoms with E-state index in [1.165, 1.54) is 6.08 Å². The average Bonchev–Trinajstić information content (AvgIpc) is 2.98. The molecule has 9 nitrogen and oxygen atoms in total. The van der Waals surface area contributed by atoms with Gasteiger partial charge in [0, 0.05) is 18.8 Å². The zero-order valence-electron chi connectivity index (χ0n) is 14.1. The number of nitrogens with zero attached hydrogens (tertiary/aromatic N) is 3. The van der Waals surface area contributed by atoms with Crippen molar-refractivity contribution in [1.29, 1.82) is 5.41 Å². The summed E-state index contributed by atoms with van der Waals surface area (Å²) >= 11 is 0. The molecule has 2 aromatic heterocycles. The van der Waals surface area contributed by atoms with Crippen LogP contribution in [0.2, 0.25) is 0 Å². The van der Waals surface area contributed by atoms with Crippen LogP contribution in [-0.2, 0) is 4.74 Å². The number of pyridine rings is 1. The molecule has 0 saturated heterocycles. The van der Waals surface area contributed by atoms with Gasteiger partial charge >= 0.3 is 0 Å². The van der Waals surface area contributed by atoms with Gasteiger partial charge in [-0.15, -0.1) is 5.10 Å². The summed E-state index contributed by atoms with van der Waals surface area (Å²) in [4.78, 5) is 4.59. The minimum absolute atomic E-state index is 0.0802. The Morgan fingerprint density at radius 3 is 2.85 bits per heavy atom. The Bertz CT molecular complexity index is 912. The summed E-state index contributed by atoms with van der Waals surface area (Å²) in [5.74, 6) is 0.627. The zero-order valence-corrected chi connectivity index (χ0v) is 14.1. The van der Waals surface area contributed by atoms with E-state index in [0.717, 1.165) is 5.52 Å². The van der Waals surface area contributed by atoms with Crippen LogP contribution in [0.3, 0.4) is 0 Å². The maximum absolute atomic E-state index is 8.91. The fraction of sp³-hybridized carbons (Fsp3) is 0.235. The topological polar surface area (TPSA) is 144 Å².